The zero-order chi connectivity index (χ0) is 18.2. The molecule has 0 aliphatic carbocycles. The van der Waals surface area contributed by atoms with Crippen molar-refractivity contribution in [3.8, 4) is 5.75 Å². The summed E-state index contributed by atoms with van der Waals surface area (Å²) in [5, 5.41) is 13.6. The number of hydrogen-bond acceptors (Lipinski definition) is 4. The molecule has 2 aromatic rings. The number of benzene rings is 2. The van der Waals surface area contributed by atoms with E-state index in [2.05, 4.69) is 5.32 Å². The molecule has 0 aliphatic heterocycles. The number of nitro groups is 1. The quantitative estimate of drug-likeness (QED) is 0.462. The number of carbonyl (C=O) groups excluding carboxylic acids is 1. The van der Waals surface area contributed by atoms with Gasteiger partial charge in [-0.2, -0.15) is 0 Å². The zero-order valence-corrected chi connectivity index (χ0v) is 14.2. The molecule has 0 spiro atoms. The largest absolute Gasteiger partial charge is 0.494 e. The molecule has 0 heterocycles. The van der Waals surface area contributed by atoms with E-state index in [0.717, 1.165) is 17.7 Å². The molecule has 0 fully saturated rings. The van der Waals surface area contributed by atoms with E-state index in [-0.39, 0.29) is 11.6 Å². The van der Waals surface area contributed by atoms with Gasteiger partial charge in [-0.3, -0.25) is 14.9 Å². The second kappa shape index (κ2) is 8.63. The van der Waals surface area contributed by atoms with E-state index in [1.807, 2.05) is 31.2 Å². The smallest absolute Gasteiger partial charge is 0.274 e. The van der Waals surface area contributed by atoms with E-state index in [1.54, 1.807) is 25.1 Å². The van der Waals surface area contributed by atoms with Crippen LogP contribution in [0.5, 0.6) is 5.75 Å². The molecule has 1 amide bonds. The number of nitrogens with zero attached hydrogens (tertiary/aromatic N) is 1. The number of anilines is 1. The van der Waals surface area contributed by atoms with Crippen LogP contribution in [-0.2, 0) is 4.79 Å². The summed E-state index contributed by atoms with van der Waals surface area (Å²) in [6.45, 7) is 4.31. The first-order valence-corrected chi connectivity index (χ1v) is 7.97. The van der Waals surface area contributed by atoms with Crippen molar-refractivity contribution < 1.29 is 14.5 Å². The minimum Gasteiger partial charge on any atom is -0.494 e. The molecule has 6 nitrogen and oxygen atoms in total. The summed E-state index contributed by atoms with van der Waals surface area (Å²) in [5.74, 6) is 0.436. The van der Waals surface area contributed by atoms with Gasteiger partial charge in [0.15, 0.2) is 0 Å². The van der Waals surface area contributed by atoms with Gasteiger partial charge in [0, 0.05) is 12.1 Å². The Kier molecular flexibility index (Phi) is 6.28. The van der Waals surface area contributed by atoms with Crippen molar-refractivity contribution >= 4 is 23.4 Å². The van der Waals surface area contributed by atoms with E-state index < -0.39 is 4.92 Å². The highest BCUT2D eigenvalue weighted by atomic mass is 16.6. The number of amides is 1. The maximum atomic E-state index is 12.0. The Bertz CT molecular complexity index is 783. The molecule has 1 N–H and O–H groups in total. The van der Waals surface area contributed by atoms with E-state index in [4.69, 9.17) is 4.74 Å². The lowest BCUT2D eigenvalue weighted by molar-refractivity contribution is -0.385. The van der Waals surface area contributed by atoms with Gasteiger partial charge in [-0.05, 0) is 43.2 Å². The third-order valence-electron chi connectivity index (χ3n) is 3.54. The lowest BCUT2D eigenvalue weighted by Crippen LogP contribution is -2.09. The highest BCUT2D eigenvalue weighted by Crippen LogP contribution is 2.25. The highest BCUT2D eigenvalue weighted by Gasteiger charge is 2.13. The summed E-state index contributed by atoms with van der Waals surface area (Å²) in [4.78, 5) is 22.5. The first-order chi connectivity index (χ1) is 12.0. The second-order valence-electron chi connectivity index (χ2n) is 5.45. The van der Waals surface area contributed by atoms with Crippen LogP contribution in [0.25, 0.3) is 6.08 Å². The van der Waals surface area contributed by atoms with Crippen molar-refractivity contribution in [2.75, 3.05) is 11.9 Å². The van der Waals surface area contributed by atoms with E-state index >= 15 is 0 Å². The monoisotopic (exact) mass is 340 g/mol. The topological polar surface area (TPSA) is 81.5 Å². The fraction of sp³-hybridized carbons (Fsp3) is 0.211. The predicted molar refractivity (Wildman–Crippen MR) is 97.7 cm³/mol. The Balaban J connectivity index is 2.01. The molecule has 0 atom stereocenters. The van der Waals surface area contributed by atoms with Gasteiger partial charge >= 0.3 is 0 Å². The minimum absolute atomic E-state index is 0.0237. The Hall–Kier alpha value is -3.15. The Morgan fingerprint density at radius 2 is 1.96 bits per heavy atom. The fourth-order valence-corrected chi connectivity index (χ4v) is 2.20. The van der Waals surface area contributed by atoms with Gasteiger partial charge in [-0.1, -0.05) is 25.1 Å². The lowest BCUT2D eigenvalue weighted by Gasteiger charge is -2.06. The number of nitrogens with one attached hydrogen (secondary N) is 1. The molecule has 0 radical (unpaired) electrons. The first kappa shape index (κ1) is 18.2. The summed E-state index contributed by atoms with van der Waals surface area (Å²) in [7, 11) is 0. The number of rotatable bonds is 7. The maximum absolute atomic E-state index is 12.0. The first-order valence-electron chi connectivity index (χ1n) is 7.97. The van der Waals surface area contributed by atoms with Crippen LogP contribution in [0, 0.1) is 17.0 Å². The van der Waals surface area contributed by atoms with Crippen molar-refractivity contribution in [2.45, 2.75) is 20.3 Å². The molecule has 6 heteroatoms. The molecule has 0 aliphatic rings. The van der Waals surface area contributed by atoms with Crippen LogP contribution < -0.4 is 10.1 Å². The van der Waals surface area contributed by atoms with Crippen molar-refractivity contribution in [2.24, 2.45) is 0 Å². The molecule has 0 saturated heterocycles. The minimum atomic E-state index is -0.469. The molecule has 25 heavy (non-hydrogen) atoms. The highest BCUT2D eigenvalue weighted by molar-refractivity contribution is 6.02. The van der Waals surface area contributed by atoms with Crippen LogP contribution in [-0.4, -0.2) is 17.4 Å². The molecule has 2 aromatic carbocycles. The predicted octanol–water partition coefficient (Wildman–Crippen LogP) is 4.34. The van der Waals surface area contributed by atoms with Crippen LogP contribution in [0.3, 0.4) is 0 Å². The van der Waals surface area contributed by atoms with Gasteiger partial charge in [-0.15, -0.1) is 0 Å². The molecule has 0 unspecified atom stereocenters. The molecule has 0 aromatic heterocycles. The number of nitro benzene ring substituents is 1. The van der Waals surface area contributed by atoms with Crippen LogP contribution in [0.4, 0.5) is 11.4 Å². The third kappa shape index (κ3) is 5.17. The Morgan fingerprint density at radius 3 is 2.60 bits per heavy atom. The number of hydrogen-bond donors (Lipinski definition) is 1. The van der Waals surface area contributed by atoms with Gasteiger partial charge in [0.05, 0.1) is 22.8 Å². The number of ether oxygens (including phenoxy) is 1. The van der Waals surface area contributed by atoms with Crippen LogP contribution in [0.2, 0.25) is 0 Å². The van der Waals surface area contributed by atoms with E-state index in [0.29, 0.717) is 17.9 Å². The summed E-state index contributed by atoms with van der Waals surface area (Å²) < 4.78 is 5.50. The van der Waals surface area contributed by atoms with Crippen molar-refractivity contribution in [1.82, 2.24) is 0 Å². The number of carbonyl (C=O) groups is 1. The normalized spacial score (nSPS) is 10.6. The third-order valence-corrected chi connectivity index (χ3v) is 3.54. The van der Waals surface area contributed by atoms with Crippen LogP contribution in [0.1, 0.15) is 24.5 Å². The lowest BCUT2D eigenvalue weighted by atomic mass is 10.1. The summed E-state index contributed by atoms with van der Waals surface area (Å²) in [5.41, 5.74) is 1.68. The van der Waals surface area contributed by atoms with Crippen LogP contribution >= 0.6 is 0 Å². The van der Waals surface area contributed by atoms with Gasteiger partial charge in [0.25, 0.3) is 5.69 Å². The molecule has 0 bridgehead atoms. The Labute approximate surface area is 146 Å². The summed E-state index contributed by atoms with van der Waals surface area (Å²) in [6, 6.07) is 12.0. The fourth-order valence-electron chi connectivity index (χ4n) is 2.20. The van der Waals surface area contributed by atoms with Gasteiger partial charge in [-0.25, -0.2) is 0 Å². The van der Waals surface area contributed by atoms with E-state index in [1.165, 1.54) is 12.1 Å². The SMILES string of the molecule is CCCOc1ccc(/C=C/C(=O)Nc2cccc([N+](=O)[O-])c2C)cc1. The molecule has 2 rings (SSSR count). The van der Waals surface area contributed by atoms with Gasteiger partial charge in [0.2, 0.25) is 5.91 Å². The summed E-state index contributed by atoms with van der Waals surface area (Å²) in [6.07, 6.45) is 4.00. The van der Waals surface area contributed by atoms with Crippen molar-refractivity contribution in [1.29, 1.82) is 0 Å². The van der Waals surface area contributed by atoms with Crippen molar-refractivity contribution in [3.63, 3.8) is 0 Å². The molecular formula is C19H20N2O4. The van der Waals surface area contributed by atoms with Gasteiger partial charge in [0.1, 0.15) is 5.75 Å². The van der Waals surface area contributed by atoms with Crippen LogP contribution in [0.15, 0.2) is 48.5 Å². The zero-order valence-electron chi connectivity index (χ0n) is 14.2. The Morgan fingerprint density at radius 1 is 1.24 bits per heavy atom. The van der Waals surface area contributed by atoms with Crippen molar-refractivity contribution in [3.05, 3.63) is 69.8 Å². The van der Waals surface area contributed by atoms with Gasteiger partial charge < -0.3 is 10.1 Å². The molecular weight excluding hydrogens is 320 g/mol. The average Bonchev–Trinajstić information content (AvgIpc) is 2.60. The average molecular weight is 340 g/mol. The second-order valence-corrected chi connectivity index (χ2v) is 5.45. The van der Waals surface area contributed by atoms with E-state index in [9.17, 15) is 14.9 Å². The summed E-state index contributed by atoms with van der Waals surface area (Å²) >= 11 is 0. The standard InChI is InChI=1S/C19H20N2O4/c1-3-13-25-16-10-7-15(8-11-16)9-12-19(22)20-17-5-4-6-18(14(17)2)21(23)24/h4-12H,3,13H2,1-2H3,(H,20,22)/b12-9+. The maximum Gasteiger partial charge on any atom is 0.274 e. The molecule has 130 valence electrons. The molecule has 0 saturated carbocycles.